The third-order valence-electron chi connectivity index (χ3n) is 4.38. The van der Waals surface area contributed by atoms with Crippen molar-refractivity contribution in [3.05, 3.63) is 71.8 Å². The smallest absolute Gasteiger partial charge is 0.0707 e. The predicted octanol–water partition coefficient (Wildman–Crippen LogP) is 3.31. The Balaban J connectivity index is 1.47. The summed E-state index contributed by atoms with van der Waals surface area (Å²) in [4.78, 5) is 2.34. The molecular weight excluding hydrogens is 282 g/mol. The highest BCUT2D eigenvalue weighted by Gasteiger charge is 2.30. The highest BCUT2D eigenvalue weighted by atomic mass is 16.3. The first-order valence-electron chi connectivity index (χ1n) is 8.29. The van der Waals surface area contributed by atoms with Gasteiger partial charge in [-0.1, -0.05) is 60.4 Å². The van der Waals surface area contributed by atoms with E-state index in [-0.39, 0.29) is 6.10 Å². The number of rotatable bonds is 4. The maximum Gasteiger partial charge on any atom is 0.0707 e. The van der Waals surface area contributed by atoms with Crippen molar-refractivity contribution >= 4 is 0 Å². The van der Waals surface area contributed by atoms with Crippen LogP contribution in [0.1, 0.15) is 24.0 Å². The van der Waals surface area contributed by atoms with Gasteiger partial charge in [0.1, 0.15) is 0 Å². The Hall–Kier alpha value is -2.08. The minimum absolute atomic E-state index is 0.225. The van der Waals surface area contributed by atoms with Crippen LogP contribution < -0.4 is 0 Å². The summed E-state index contributed by atoms with van der Waals surface area (Å²) in [5, 5.41) is 10.3. The molecule has 0 bridgehead atoms. The van der Waals surface area contributed by atoms with Crippen LogP contribution in [0.4, 0.5) is 0 Å². The highest BCUT2D eigenvalue weighted by Crippen LogP contribution is 2.23. The van der Waals surface area contributed by atoms with Gasteiger partial charge in [0.2, 0.25) is 0 Å². The zero-order chi connectivity index (χ0) is 15.9. The lowest BCUT2D eigenvalue weighted by Gasteiger charge is -2.15. The van der Waals surface area contributed by atoms with Gasteiger partial charge in [0.15, 0.2) is 0 Å². The Morgan fingerprint density at radius 3 is 2.39 bits per heavy atom. The first-order valence-corrected chi connectivity index (χ1v) is 8.29. The molecule has 3 rings (SSSR count). The molecule has 118 valence electrons. The molecule has 1 heterocycles. The molecule has 0 saturated carbocycles. The molecule has 1 aliphatic rings. The van der Waals surface area contributed by atoms with Crippen molar-refractivity contribution in [2.24, 2.45) is 5.92 Å². The van der Waals surface area contributed by atoms with Crippen LogP contribution in [0, 0.1) is 17.8 Å². The number of likely N-dealkylation sites (tertiary alicyclic amines) is 1. The van der Waals surface area contributed by atoms with Crippen molar-refractivity contribution in [3.63, 3.8) is 0 Å². The summed E-state index contributed by atoms with van der Waals surface area (Å²) >= 11 is 0. The average molecular weight is 305 g/mol. The van der Waals surface area contributed by atoms with Crippen molar-refractivity contribution in [2.45, 2.75) is 25.5 Å². The second-order valence-electron chi connectivity index (χ2n) is 6.21. The minimum atomic E-state index is -0.225. The van der Waals surface area contributed by atoms with Gasteiger partial charge >= 0.3 is 0 Å². The summed E-state index contributed by atoms with van der Waals surface area (Å²) in [5.74, 6) is 6.76. The van der Waals surface area contributed by atoms with Gasteiger partial charge in [0, 0.05) is 31.6 Å². The van der Waals surface area contributed by atoms with Gasteiger partial charge in [-0.25, -0.2) is 0 Å². The van der Waals surface area contributed by atoms with Crippen LogP contribution in [0.5, 0.6) is 0 Å². The normalized spacial score (nSPS) is 20.9. The van der Waals surface area contributed by atoms with Crippen molar-refractivity contribution in [1.29, 1.82) is 0 Å². The fraction of sp³-hybridized carbons (Fsp3) is 0.333. The van der Waals surface area contributed by atoms with Crippen LogP contribution in [0.25, 0.3) is 0 Å². The van der Waals surface area contributed by atoms with E-state index in [9.17, 15) is 5.11 Å². The Morgan fingerprint density at radius 2 is 1.65 bits per heavy atom. The Bertz CT molecular complexity index is 656. The second-order valence-corrected chi connectivity index (χ2v) is 6.21. The molecule has 2 heteroatoms. The van der Waals surface area contributed by atoms with Gasteiger partial charge in [-0.15, -0.1) is 0 Å². The maximum absolute atomic E-state index is 10.3. The monoisotopic (exact) mass is 305 g/mol. The molecule has 0 amide bonds. The molecule has 0 aliphatic carbocycles. The van der Waals surface area contributed by atoms with Crippen molar-refractivity contribution in [3.8, 4) is 11.8 Å². The van der Waals surface area contributed by atoms with E-state index in [1.165, 1.54) is 5.56 Å². The average Bonchev–Trinajstić information content (AvgIpc) is 2.93. The standard InChI is InChI=1S/C21H23NO/c23-21-17-22(15-19-12-5-2-6-13-19)16-20(21)14-8-7-11-18-9-3-1-4-10-18/h1-6,9-10,12-13,20-21,23H,8,14-17H2/t20-,21-/m0/s1. The molecule has 2 nitrogen and oxygen atoms in total. The number of hydrogen-bond donors (Lipinski definition) is 1. The van der Waals surface area contributed by atoms with E-state index in [0.29, 0.717) is 5.92 Å². The Labute approximate surface area is 138 Å². The quantitative estimate of drug-likeness (QED) is 0.876. The van der Waals surface area contributed by atoms with Gasteiger partial charge in [-0.2, -0.15) is 0 Å². The molecule has 1 aliphatic heterocycles. The lowest BCUT2D eigenvalue weighted by Crippen LogP contribution is -2.21. The maximum atomic E-state index is 10.3. The zero-order valence-electron chi connectivity index (χ0n) is 13.4. The van der Waals surface area contributed by atoms with E-state index in [0.717, 1.165) is 38.0 Å². The molecule has 0 radical (unpaired) electrons. The molecule has 2 aromatic rings. The summed E-state index contributed by atoms with van der Waals surface area (Å²) in [6.45, 7) is 2.65. The lowest BCUT2D eigenvalue weighted by atomic mass is 10.0. The number of hydrogen-bond acceptors (Lipinski definition) is 2. The van der Waals surface area contributed by atoms with E-state index in [1.54, 1.807) is 0 Å². The van der Waals surface area contributed by atoms with Gasteiger partial charge in [-0.05, 0) is 30.0 Å². The van der Waals surface area contributed by atoms with Crippen molar-refractivity contribution < 1.29 is 5.11 Å². The Kier molecular flexibility index (Phi) is 5.47. The second kappa shape index (κ2) is 7.97. The molecule has 23 heavy (non-hydrogen) atoms. The number of aliphatic hydroxyl groups is 1. The largest absolute Gasteiger partial charge is 0.391 e. The van der Waals surface area contributed by atoms with Gasteiger partial charge in [-0.3, -0.25) is 4.90 Å². The number of β-amino-alcohol motifs (C(OH)–C–C–N with tert-alkyl or cyclic N) is 1. The predicted molar refractivity (Wildman–Crippen MR) is 93.8 cm³/mol. The van der Waals surface area contributed by atoms with Crippen LogP contribution in [-0.4, -0.2) is 29.2 Å². The first kappa shape index (κ1) is 15.8. The van der Waals surface area contributed by atoms with Crippen LogP contribution in [-0.2, 0) is 6.54 Å². The number of aliphatic hydroxyl groups excluding tert-OH is 1. The summed E-state index contributed by atoms with van der Waals surface area (Å²) in [6, 6.07) is 20.5. The van der Waals surface area contributed by atoms with E-state index >= 15 is 0 Å². The van der Waals surface area contributed by atoms with Crippen molar-refractivity contribution in [1.82, 2.24) is 4.90 Å². The lowest BCUT2D eigenvalue weighted by molar-refractivity contribution is 0.138. The molecule has 0 aromatic heterocycles. The SMILES string of the molecule is O[C@H]1CN(Cc2ccccc2)C[C@@H]1CCC#Cc1ccccc1. The van der Waals surface area contributed by atoms with Gasteiger partial charge in [0.05, 0.1) is 6.10 Å². The molecule has 2 aromatic carbocycles. The summed E-state index contributed by atoms with van der Waals surface area (Å²) in [7, 11) is 0. The molecule has 2 atom stereocenters. The third-order valence-corrected chi connectivity index (χ3v) is 4.38. The Morgan fingerprint density at radius 1 is 0.957 bits per heavy atom. The molecule has 0 unspecified atom stereocenters. The van der Waals surface area contributed by atoms with E-state index < -0.39 is 0 Å². The molecule has 1 N–H and O–H groups in total. The fourth-order valence-corrected chi connectivity index (χ4v) is 3.14. The van der Waals surface area contributed by atoms with Crippen LogP contribution in [0.15, 0.2) is 60.7 Å². The highest BCUT2D eigenvalue weighted by molar-refractivity contribution is 5.33. The zero-order valence-corrected chi connectivity index (χ0v) is 13.4. The van der Waals surface area contributed by atoms with E-state index in [1.807, 2.05) is 36.4 Å². The van der Waals surface area contributed by atoms with Crippen LogP contribution >= 0.6 is 0 Å². The number of benzene rings is 2. The van der Waals surface area contributed by atoms with Crippen LogP contribution in [0.3, 0.4) is 0 Å². The molecule has 1 saturated heterocycles. The van der Waals surface area contributed by atoms with E-state index in [2.05, 4.69) is 41.0 Å². The summed E-state index contributed by atoms with van der Waals surface area (Å²) in [6.07, 6.45) is 1.58. The fourth-order valence-electron chi connectivity index (χ4n) is 3.14. The van der Waals surface area contributed by atoms with E-state index in [4.69, 9.17) is 0 Å². The number of nitrogens with zero attached hydrogens (tertiary/aromatic N) is 1. The minimum Gasteiger partial charge on any atom is -0.391 e. The summed E-state index contributed by atoms with van der Waals surface area (Å²) in [5.41, 5.74) is 2.37. The van der Waals surface area contributed by atoms with Gasteiger partial charge < -0.3 is 5.11 Å². The third kappa shape index (κ3) is 4.69. The van der Waals surface area contributed by atoms with Gasteiger partial charge in [0.25, 0.3) is 0 Å². The van der Waals surface area contributed by atoms with Crippen molar-refractivity contribution in [2.75, 3.05) is 13.1 Å². The molecule has 1 fully saturated rings. The summed E-state index contributed by atoms with van der Waals surface area (Å²) < 4.78 is 0. The van der Waals surface area contributed by atoms with Crippen LogP contribution in [0.2, 0.25) is 0 Å². The molecular formula is C21H23NO. The topological polar surface area (TPSA) is 23.5 Å². The molecule has 0 spiro atoms. The first-order chi connectivity index (χ1) is 11.3.